The van der Waals surface area contributed by atoms with Crippen LogP contribution < -0.4 is 11.3 Å². The fourth-order valence-electron chi connectivity index (χ4n) is 0.731. The lowest BCUT2D eigenvalue weighted by atomic mass is 10.6. The number of aromatic amines is 1. The van der Waals surface area contributed by atoms with Gasteiger partial charge in [0.25, 0.3) is 5.56 Å². The molecule has 0 saturated carbocycles. The highest BCUT2D eigenvalue weighted by Crippen LogP contribution is 2.12. The van der Waals surface area contributed by atoms with Gasteiger partial charge in [-0.1, -0.05) is 11.8 Å². The summed E-state index contributed by atoms with van der Waals surface area (Å²) in [6, 6.07) is 1.17. The minimum atomic E-state index is -0.478. The molecule has 0 aliphatic rings. The minimum Gasteiger partial charge on any atom is -0.466 e. The van der Waals surface area contributed by atoms with Gasteiger partial charge < -0.3 is 15.5 Å². The van der Waals surface area contributed by atoms with Crippen molar-refractivity contribution in [1.29, 1.82) is 0 Å². The molecular formula is C8H9N3O3S. The number of anilines is 1. The summed E-state index contributed by atoms with van der Waals surface area (Å²) in [5, 5.41) is 1.77. The standard InChI is InChI=1S/C8H9N3O3S/c1-14-7(13)2-3-15-8-10-5(9)4-6(12)11-8/h2-4H,1H3,(H3,9,10,11,12). The Balaban J connectivity index is 2.69. The van der Waals surface area contributed by atoms with Gasteiger partial charge in [0.1, 0.15) is 5.82 Å². The number of nitrogens with two attached hydrogens (primary N) is 1. The summed E-state index contributed by atoms with van der Waals surface area (Å²) in [6.07, 6.45) is 1.22. The van der Waals surface area contributed by atoms with E-state index in [2.05, 4.69) is 14.7 Å². The monoisotopic (exact) mass is 227 g/mol. The number of methoxy groups -OCH3 is 1. The molecule has 0 aliphatic carbocycles. The molecule has 0 aromatic carbocycles. The second-order valence-corrected chi connectivity index (χ2v) is 3.31. The molecule has 7 heteroatoms. The molecule has 1 heterocycles. The Bertz CT molecular complexity index is 441. The van der Waals surface area contributed by atoms with E-state index in [4.69, 9.17) is 5.73 Å². The van der Waals surface area contributed by atoms with E-state index in [0.717, 1.165) is 11.8 Å². The maximum atomic E-state index is 11.0. The first-order chi connectivity index (χ1) is 7.11. The van der Waals surface area contributed by atoms with Gasteiger partial charge in [-0.3, -0.25) is 4.79 Å². The van der Waals surface area contributed by atoms with E-state index in [1.165, 1.54) is 24.7 Å². The normalized spacial score (nSPS) is 10.5. The van der Waals surface area contributed by atoms with E-state index in [-0.39, 0.29) is 11.4 Å². The third-order valence-electron chi connectivity index (χ3n) is 1.32. The average Bonchev–Trinajstić information content (AvgIpc) is 2.16. The van der Waals surface area contributed by atoms with Crippen molar-refractivity contribution in [2.75, 3.05) is 12.8 Å². The first-order valence-electron chi connectivity index (χ1n) is 3.90. The number of thioether (sulfide) groups is 1. The number of hydrogen-bond donors (Lipinski definition) is 2. The van der Waals surface area contributed by atoms with Crippen LogP contribution in [0.5, 0.6) is 0 Å². The first kappa shape index (κ1) is 11.3. The van der Waals surface area contributed by atoms with Crippen LogP contribution in [0.15, 0.2) is 27.5 Å². The van der Waals surface area contributed by atoms with Crippen LogP contribution >= 0.6 is 11.8 Å². The summed E-state index contributed by atoms with van der Waals surface area (Å²) in [5.74, 6) is -0.346. The summed E-state index contributed by atoms with van der Waals surface area (Å²) in [5.41, 5.74) is 5.02. The van der Waals surface area contributed by atoms with Crippen molar-refractivity contribution in [1.82, 2.24) is 9.97 Å². The van der Waals surface area contributed by atoms with Crippen molar-refractivity contribution in [3.05, 3.63) is 27.9 Å². The van der Waals surface area contributed by atoms with E-state index in [1.54, 1.807) is 0 Å². The molecule has 0 bridgehead atoms. The van der Waals surface area contributed by atoms with Crippen molar-refractivity contribution >= 4 is 23.5 Å². The number of H-pyrrole nitrogens is 1. The Hall–Kier alpha value is -1.76. The molecule has 0 atom stereocenters. The second kappa shape index (κ2) is 5.20. The number of carbonyl (C=O) groups excluding carboxylic acids is 1. The van der Waals surface area contributed by atoms with Crippen LogP contribution in [0.1, 0.15) is 0 Å². The zero-order valence-corrected chi connectivity index (χ0v) is 8.71. The van der Waals surface area contributed by atoms with E-state index < -0.39 is 5.97 Å². The Morgan fingerprint density at radius 1 is 1.73 bits per heavy atom. The van der Waals surface area contributed by atoms with Crippen LogP contribution in [0.2, 0.25) is 0 Å². The van der Waals surface area contributed by atoms with Crippen LogP contribution in [0, 0.1) is 0 Å². The zero-order valence-electron chi connectivity index (χ0n) is 7.89. The fourth-order valence-corrected chi connectivity index (χ4v) is 1.36. The van der Waals surface area contributed by atoms with Gasteiger partial charge in [-0.25, -0.2) is 9.78 Å². The van der Waals surface area contributed by atoms with Crippen molar-refractivity contribution < 1.29 is 9.53 Å². The van der Waals surface area contributed by atoms with E-state index >= 15 is 0 Å². The van der Waals surface area contributed by atoms with Gasteiger partial charge >= 0.3 is 5.97 Å². The lowest BCUT2D eigenvalue weighted by Crippen LogP contribution is -2.08. The molecule has 0 aliphatic heterocycles. The lowest BCUT2D eigenvalue weighted by molar-refractivity contribution is -0.134. The number of nitrogen functional groups attached to an aromatic ring is 1. The number of rotatable bonds is 3. The Labute approximate surface area is 89.5 Å². The molecule has 0 amide bonds. The quantitative estimate of drug-likeness (QED) is 0.329. The molecule has 0 saturated heterocycles. The second-order valence-electron chi connectivity index (χ2n) is 2.42. The summed E-state index contributed by atoms with van der Waals surface area (Å²) in [6.45, 7) is 0. The molecular weight excluding hydrogens is 218 g/mol. The smallest absolute Gasteiger partial charge is 0.330 e. The maximum Gasteiger partial charge on any atom is 0.330 e. The van der Waals surface area contributed by atoms with Gasteiger partial charge in [0.2, 0.25) is 0 Å². The summed E-state index contributed by atoms with van der Waals surface area (Å²) < 4.78 is 4.38. The van der Waals surface area contributed by atoms with E-state index in [1.807, 2.05) is 0 Å². The largest absolute Gasteiger partial charge is 0.466 e. The topological polar surface area (TPSA) is 98.1 Å². The number of ether oxygens (including phenoxy) is 1. The third-order valence-corrected chi connectivity index (χ3v) is 2.01. The lowest BCUT2D eigenvalue weighted by Gasteiger charge is -1.96. The number of aromatic nitrogens is 2. The molecule has 0 spiro atoms. The number of esters is 1. The van der Waals surface area contributed by atoms with Gasteiger partial charge in [0, 0.05) is 12.1 Å². The number of carbonyl (C=O) groups is 1. The third kappa shape index (κ3) is 3.86. The van der Waals surface area contributed by atoms with Gasteiger partial charge in [-0.15, -0.1) is 0 Å². The maximum absolute atomic E-state index is 11.0. The highest BCUT2D eigenvalue weighted by molar-refractivity contribution is 8.02. The molecule has 6 nitrogen and oxygen atoms in total. The first-order valence-corrected chi connectivity index (χ1v) is 4.78. The Kier molecular flexibility index (Phi) is 3.92. The van der Waals surface area contributed by atoms with Crippen LogP contribution in [0.3, 0.4) is 0 Å². The predicted octanol–water partition coefficient (Wildman–Crippen LogP) is 0.131. The molecule has 0 fully saturated rings. The van der Waals surface area contributed by atoms with Crippen molar-refractivity contribution in [3.8, 4) is 0 Å². The molecule has 1 aromatic heterocycles. The predicted molar refractivity (Wildman–Crippen MR) is 56.3 cm³/mol. The van der Waals surface area contributed by atoms with Crippen LogP contribution in [-0.4, -0.2) is 23.0 Å². The highest BCUT2D eigenvalue weighted by atomic mass is 32.2. The van der Waals surface area contributed by atoms with Crippen LogP contribution in [-0.2, 0) is 9.53 Å². The fraction of sp³-hybridized carbons (Fsp3) is 0.125. The Morgan fingerprint density at radius 3 is 3.07 bits per heavy atom. The van der Waals surface area contributed by atoms with Crippen molar-refractivity contribution in [2.45, 2.75) is 5.16 Å². The summed E-state index contributed by atoms with van der Waals surface area (Å²) in [7, 11) is 1.28. The molecule has 1 aromatic rings. The van der Waals surface area contributed by atoms with E-state index in [9.17, 15) is 9.59 Å². The van der Waals surface area contributed by atoms with Gasteiger partial charge in [-0.05, 0) is 5.41 Å². The van der Waals surface area contributed by atoms with Gasteiger partial charge in [0.15, 0.2) is 5.16 Å². The van der Waals surface area contributed by atoms with Crippen molar-refractivity contribution in [3.63, 3.8) is 0 Å². The molecule has 1 rings (SSSR count). The van der Waals surface area contributed by atoms with Gasteiger partial charge in [-0.2, -0.15) is 0 Å². The highest BCUT2D eigenvalue weighted by Gasteiger charge is 1.97. The van der Waals surface area contributed by atoms with E-state index in [0.29, 0.717) is 5.16 Å². The molecule has 3 N–H and O–H groups in total. The minimum absolute atomic E-state index is 0.132. The van der Waals surface area contributed by atoms with Crippen molar-refractivity contribution in [2.24, 2.45) is 0 Å². The SMILES string of the molecule is COC(=O)C=CSc1nc(N)cc(=O)[nH]1. The van der Waals surface area contributed by atoms with Crippen LogP contribution in [0.25, 0.3) is 0 Å². The van der Waals surface area contributed by atoms with Gasteiger partial charge in [0.05, 0.1) is 7.11 Å². The zero-order chi connectivity index (χ0) is 11.3. The average molecular weight is 227 g/mol. The van der Waals surface area contributed by atoms with Crippen LogP contribution in [0.4, 0.5) is 5.82 Å². The Morgan fingerprint density at radius 2 is 2.47 bits per heavy atom. The number of nitrogens with zero attached hydrogens (tertiary/aromatic N) is 1. The molecule has 0 radical (unpaired) electrons. The number of nitrogens with one attached hydrogen (secondary N) is 1. The molecule has 0 unspecified atom stereocenters. The molecule has 80 valence electrons. The summed E-state index contributed by atoms with van der Waals surface area (Å²) in [4.78, 5) is 27.9. The molecule has 15 heavy (non-hydrogen) atoms. The summed E-state index contributed by atoms with van der Waals surface area (Å²) >= 11 is 1.06. The number of hydrogen-bond acceptors (Lipinski definition) is 6.